The number of nitrogens with zero attached hydrogens (tertiary/aromatic N) is 1. The fraction of sp³-hybridized carbons (Fsp3) is 0.611. The number of benzene rings is 1. The van der Waals surface area contributed by atoms with Crippen LogP contribution in [0.15, 0.2) is 18.2 Å². The van der Waals surface area contributed by atoms with E-state index in [-0.39, 0.29) is 5.91 Å². The molecule has 3 heteroatoms. The smallest absolute Gasteiger partial charge is 0.223 e. The fourth-order valence-electron chi connectivity index (χ4n) is 3.82. The third-order valence-corrected chi connectivity index (χ3v) is 4.84. The molecule has 0 aromatic heterocycles. The third kappa shape index (κ3) is 3.29. The molecule has 0 spiro atoms. The zero-order valence-electron chi connectivity index (χ0n) is 13.2. The van der Waals surface area contributed by atoms with Crippen molar-refractivity contribution in [2.45, 2.75) is 64.5 Å². The molecular weight excluding hydrogens is 260 g/mol. The first kappa shape index (κ1) is 14.6. The Morgan fingerprint density at radius 2 is 2.14 bits per heavy atom. The first-order valence-corrected chi connectivity index (χ1v) is 8.29. The van der Waals surface area contributed by atoms with Crippen LogP contribution in [-0.4, -0.2) is 24.5 Å². The van der Waals surface area contributed by atoms with Crippen LogP contribution in [0.5, 0.6) is 0 Å². The van der Waals surface area contributed by atoms with Gasteiger partial charge in [-0.2, -0.15) is 0 Å². The highest BCUT2D eigenvalue weighted by Crippen LogP contribution is 2.29. The molecule has 1 aromatic rings. The molecule has 1 unspecified atom stereocenters. The van der Waals surface area contributed by atoms with Crippen LogP contribution in [0.25, 0.3) is 0 Å². The van der Waals surface area contributed by atoms with Gasteiger partial charge in [0.05, 0.1) is 0 Å². The first-order chi connectivity index (χ1) is 10.1. The Morgan fingerprint density at radius 3 is 2.86 bits per heavy atom. The maximum atomic E-state index is 11.6. The van der Waals surface area contributed by atoms with E-state index in [1.165, 1.54) is 36.8 Å². The van der Waals surface area contributed by atoms with Gasteiger partial charge >= 0.3 is 0 Å². The minimum absolute atomic E-state index is 0.151. The van der Waals surface area contributed by atoms with Crippen LogP contribution in [0.2, 0.25) is 0 Å². The van der Waals surface area contributed by atoms with E-state index in [1.807, 2.05) is 4.90 Å². The van der Waals surface area contributed by atoms with Crippen LogP contribution in [0, 0.1) is 0 Å². The highest BCUT2D eigenvalue weighted by Gasteiger charge is 2.22. The van der Waals surface area contributed by atoms with Crippen LogP contribution in [-0.2, 0) is 17.6 Å². The molecule has 1 heterocycles. The van der Waals surface area contributed by atoms with Gasteiger partial charge in [0.2, 0.25) is 5.91 Å². The van der Waals surface area contributed by atoms with Gasteiger partial charge in [-0.3, -0.25) is 4.79 Å². The number of anilines is 1. The number of amides is 1. The summed E-state index contributed by atoms with van der Waals surface area (Å²) in [5.74, 6) is 0.151. The monoisotopic (exact) mass is 286 g/mol. The van der Waals surface area contributed by atoms with E-state index in [1.54, 1.807) is 6.92 Å². The predicted molar refractivity (Wildman–Crippen MR) is 86.7 cm³/mol. The van der Waals surface area contributed by atoms with Crippen LogP contribution in [0.4, 0.5) is 5.69 Å². The van der Waals surface area contributed by atoms with E-state index in [0.29, 0.717) is 6.04 Å². The normalized spacial score (nSPS) is 19.8. The van der Waals surface area contributed by atoms with Gasteiger partial charge in [-0.15, -0.1) is 0 Å². The van der Waals surface area contributed by atoms with Crippen LogP contribution in [0.3, 0.4) is 0 Å². The zero-order valence-corrected chi connectivity index (χ0v) is 13.2. The van der Waals surface area contributed by atoms with Crippen molar-refractivity contribution in [3.63, 3.8) is 0 Å². The Kier molecular flexibility index (Phi) is 4.29. The Morgan fingerprint density at radius 1 is 1.38 bits per heavy atom. The van der Waals surface area contributed by atoms with Crippen molar-refractivity contribution in [2.75, 3.05) is 11.4 Å². The summed E-state index contributed by atoms with van der Waals surface area (Å²) >= 11 is 0. The van der Waals surface area contributed by atoms with Gasteiger partial charge in [0.15, 0.2) is 0 Å². The summed E-state index contributed by atoms with van der Waals surface area (Å²) in [6, 6.07) is 7.86. The maximum absolute atomic E-state index is 11.6. The highest BCUT2D eigenvalue weighted by atomic mass is 16.2. The lowest BCUT2D eigenvalue weighted by Crippen LogP contribution is -2.35. The number of nitrogens with one attached hydrogen (secondary N) is 1. The molecule has 114 valence electrons. The van der Waals surface area contributed by atoms with Crippen LogP contribution >= 0.6 is 0 Å². The number of rotatable bonds is 4. The quantitative estimate of drug-likeness (QED) is 0.922. The van der Waals surface area contributed by atoms with Crippen molar-refractivity contribution in [2.24, 2.45) is 0 Å². The lowest BCUT2D eigenvalue weighted by Gasteiger charge is -2.20. The lowest BCUT2D eigenvalue weighted by atomic mass is 10.0. The topological polar surface area (TPSA) is 32.3 Å². The van der Waals surface area contributed by atoms with E-state index < -0.39 is 0 Å². The van der Waals surface area contributed by atoms with Gasteiger partial charge in [0, 0.05) is 31.2 Å². The molecule has 1 fully saturated rings. The second-order valence-electron chi connectivity index (χ2n) is 6.64. The molecular formula is C18H26N2O. The second kappa shape index (κ2) is 6.18. The molecule has 3 rings (SSSR count). The minimum Gasteiger partial charge on any atom is -0.312 e. The largest absolute Gasteiger partial charge is 0.312 e. The molecule has 1 atom stereocenters. The molecule has 0 bridgehead atoms. The van der Waals surface area contributed by atoms with Crippen molar-refractivity contribution in [3.05, 3.63) is 29.3 Å². The van der Waals surface area contributed by atoms with E-state index in [9.17, 15) is 4.79 Å². The molecule has 21 heavy (non-hydrogen) atoms. The van der Waals surface area contributed by atoms with Crippen molar-refractivity contribution in [1.29, 1.82) is 0 Å². The van der Waals surface area contributed by atoms with Crippen LogP contribution < -0.4 is 10.2 Å². The fourth-order valence-corrected chi connectivity index (χ4v) is 3.82. The zero-order chi connectivity index (χ0) is 14.8. The average molecular weight is 286 g/mol. The number of hydrogen-bond acceptors (Lipinski definition) is 2. The Balaban J connectivity index is 1.63. The maximum Gasteiger partial charge on any atom is 0.223 e. The molecule has 1 amide bonds. The predicted octanol–water partition coefficient (Wildman–Crippen LogP) is 3.06. The highest BCUT2D eigenvalue weighted by molar-refractivity contribution is 5.93. The number of hydrogen-bond donors (Lipinski definition) is 1. The number of carbonyl (C=O) groups excluding carboxylic acids is 1. The minimum atomic E-state index is 0.151. The summed E-state index contributed by atoms with van der Waals surface area (Å²) in [5.41, 5.74) is 3.83. The molecule has 0 radical (unpaired) electrons. The molecule has 1 N–H and O–H groups in total. The van der Waals surface area contributed by atoms with Crippen LogP contribution in [0.1, 0.15) is 50.7 Å². The summed E-state index contributed by atoms with van der Waals surface area (Å²) in [4.78, 5) is 13.5. The van der Waals surface area contributed by atoms with Crippen molar-refractivity contribution >= 4 is 11.6 Å². The summed E-state index contributed by atoms with van der Waals surface area (Å²) in [6.45, 7) is 4.77. The molecule has 1 saturated carbocycles. The molecule has 1 aromatic carbocycles. The molecule has 3 nitrogen and oxygen atoms in total. The van der Waals surface area contributed by atoms with Crippen molar-refractivity contribution < 1.29 is 4.79 Å². The first-order valence-electron chi connectivity index (χ1n) is 8.29. The second-order valence-corrected chi connectivity index (χ2v) is 6.64. The van der Waals surface area contributed by atoms with E-state index in [0.717, 1.165) is 31.1 Å². The average Bonchev–Trinajstić information content (AvgIpc) is 3.06. The van der Waals surface area contributed by atoms with Gasteiger partial charge in [0.1, 0.15) is 0 Å². The summed E-state index contributed by atoms with van der Waals surface area (Å²) < 4.78 is 0. The standard InChI is InChI=1S/C18H26N2O/c1-13(19-17-5-3-4-6-17)11-15-7-8-18-16(12-15)9-10-20(18)14(2)21/h7-8,12-13,17,19H,3-6,9-11H2,1-2H3. The molecule has 2 aliphatic rings. The van der Waals surface area contributed by atoms with Crippen molar-refractivity contribution in [1.82, 2.24) is 5.32 Å². The number of fused-ring (bicyclic) bond motifs is 1. The summed E-state index contributed by atoms with van der Waals surface area (Å²) in [5, 5.41) is 3.76. The van der Waals surface area contributed by atoms with Gasteiger partial charge in [-0.25, -0.2) is 0 Å². The Labute approximate surface area is 127 Å². The Bertz CT molecular complexity index is 520. The summed E-state index contributed by atoms with van der Waals surface area (Å²) in [7, 11) is 0. The van der Waals surface area contributed by atoms with E-state index in [4.69, 9.17) is 0 Å². The van der Waals surface area contributed by atoms with Gasteiger partial charge in [-0.1, -0.05) is 25.0 Å². The summed E-state index contributed by atoms with van der Waals surface area (Å²) in [6.07, 6.45) is 7.50. The molecule has 1 aliphatic heterocycles. The Hall–Kier alpha value is -1.35. The third-order valence-electron chi connectivity index (χ3n) is 4.84. The van der Waals surface area contributed by atoms with E-state index >= 15 is 0 Å². The molecule has 0 saturated heterocycles. The van der Waals surface area contributed by atoms with Crippen molar-refractivity contribution in [3.8, 4) is 0 Å². The van der Waals surface area contributed by atoms with Gasteiger partial charge in [-0.05, 0) is 49.8 Å². The SMILES string of the molecule is CC(=O)N1CCc2cc(CC(C)NC3CCCC3)ccc21. The van der Waals surface area contributed by atoms with Gasteiger partial charge in [0.25, 0.3) is 0 Å². The van der Waals surface area contributed by atoms with E-state index in [2.05, 4.69) is 30.4 Å². The molecule has 1 aliphatic carbocycles. The lowest BCUT2D eigenvalue weighted by molar-refractivity contribution is -0.116. The number of carbonyl (C=O) groups is 1. The van der Waals surface area contributed by atoms with Gasteiger partial charge < -0.3 is 10.2 Å².